The molecule has 0 bridgehead atoms. The van der Waals surface area contributed by atoms with E-state index in [1.54, 1.807) is 0 Å². The molecule has 1 fully saturated rings. The molecule has 1 aromatic rings. The average Bonchev–Trinajstić information content (AvgIpc) is 2.40. The number of nitrogens with one attached hydrogen (secondary N) is 2. The van der Waals surface area contributed by atoms with E-state index < -0.39 is 17.8 Å². The standard InChI is InChI=1S/C15H19FN2O3/c1-2-15(6-3-7-15)9-17-14(21)18-12-5-4-10(16)8-11(12)13(19)20/h4-5,8H,2-3,6-7,9H2,1H3,(H,19,20)(H2,17,18,21). The van der Waals surface area contributed by atoms with Crippen molar-refractivity contribution in [2.24, 2.45) is 5.41 Å². The fraction of sp³-hybridized carbons (Fsp3) is 0.467. The number of rotatable bonds is 5. The molecule has 2 amide bonds. The Labute approximate surface area is 122 Å². The van der Waals surface area contributed by atoms with Crippen LogP contribution in [0.15, 0.2) is 18.2 Å². The molecule has 0 heterocycles. The van der Waals surface area contributed by atoms with Gasteiger partial charge in [0.15, 0.2) is 0 Å². The number of hydrogen-bond donors (Lipinski definition) is 3. The number of amides is 2. The fourth-order valence-electron chi connectivity index (χ4n) is 2.57. The molecule has 0 aliphatic heterocycles. The molecule has 1 saturated carbocycles. The summed E-state index contributed by atoms with van der Waals surface area (Å²) >= 11 is 0. The van der Waals surface area contributed by atoms with Crippen LogP contribution < -0.4 is 10.6 Å². The molecule has 21 heavy (non-hydrogen) atoms. The third-order valence-corrected chi connectivity index (χ3v) is 4.25. The van der Waals surface area contributed by atoms with Crippen LogP contribution in [-0.2, 0) is 0 Å². The van der Waals surface area contributed by atoms with Gasteiger partial charge in [-0.05, 0) is 42.9 Å². The molecule has 0 saturated heterocycles. The summed E-state index contributed by atoms with van der Waals surface area (Å²) in [7, 11) is 0. The van der Waals surface area contributed by atoms with Gasteiger partial charge >= 0.3 is 12.0 Å². The van der Waals surface area contributed by atoms with Gasteiger partial charge in [0, 0.05) is 6.54 Å². The molecule has 0 atom stereocenters. The number of aromatic carboxylic acids is 1. The summed E-state index contributed by atoms with van der Waals surface area (Å²) in [6.07, 6.45) is 4.38. The van der Waals surface area contributed by atoms with E-state index in [-0.39, 0.29) is 16.7 Å². The highest BCUT2D eigenvalue weighted by Gasteiger charge is 2.35. The topological polar surface area (TPSA) is 78.4 Å². The van der Waals surface area contributed by atoms with E-state index in [9.17, 15) is 14.0 Å². The van der Waals surface area contributed by atoms with Crippen molar-refractivity contribution in [3.63, 3.8) is 0 Å². The van der Waals surface area contributed by atoms with Crippen molar-refractivity contribution in [2.45, 2.75) is 32.6 Å². The van der Waals surface area contributed by atoms with Crippen molar-refractivity contribution in [3.8, 4) is 0 Å². The lowest BCUT2D eigenvalue weighted by molar-refractivity contribution is 0.0697. The van der Waals surface area contributed by atoms with Crippen LogP contribution in [-0.4, -0.2) is 23.7 Å². The quantitative estimate of drug-likeness (QED) is 0.780. The maximum absolute atomic E-state index is 13.1. The second-order valence-corrected chi connectivity index (χ2v) is 5.51. The molecule has 1 aliphatic rings. The number of benzene rings is 1. The molecule has 1 aromatic carbocycles. The molecule has 114 valence electrons. The van der Waals surface area contributed by atoms with Crippen LogP contribution in [0.2, 0.25) is 0 Å². The molecule has 6 heteroatoms. The molecule has 1 aliphatic carbocycles. The minimum absolute atomic E-state index is 0.0838. The molecule has 0 radical (unpaired) electrons. The normalized spacial score (nSPS) is 15.9. The third kappa shape index (κ3) is 3.51. The number of hydrogen-bond acceptors (Lipinski definition) is 2. The number of carbonyl (C=O) groups excluding carboxylic acids is 1. The van der Waals surface area contributed by atoms with Gasteiger partial charge in [0.1, 0.15) is 5.82 Å². The molecular weight excluding hydrogens is 275 g/mol. The first-order valence-corrected chi connectivity index (χ1v) is 7.03. The summed E-state index contributed by atoms with van der Waals surface area (Å²) in [5.74, 6) is -1.94. The van der Waals surface area contributed by atoms with Crippen molar-refractivity contribution in [1.29, 1.82) is 0 Å². The van der Waals surface area contributed by atoms with Crippen LogP contribution in [0.1, 0.15) is 43.0 Å². The van der Waals surface area contributed by atoms with Gasteiger partial charge in [-0.3, -0.25) is 0 Å². The van der Waals surface area contributed by atoms with Gasteiger partial charge in [-0.25, -0.2) is 14.0 Å². The minimum Gasteiger partial charge on any atom is -0.478 e. The first-order valence-electron chi connectivity index (χ1n) is 7.03. The van der Waals surface area contributed by atoms with Gasteiger partial charge in [0.2, 0.25) is 0 Å². The zero-order valence-electron chi connectivity index (χ0n) is 11.9. The number of carboxylic acids is 1. The summed E-state index contributed by atoms with van der Waals surface area (Å²) in [6, 6.07) is 2.78. The predicted octanol–water partition coefficient (Wildman–Crippen LogP) is 3.23. The second-order valence-electron chi connectivity index (χ2n) is 5.51. The van der Waals surface area contributed by atoms with Crippen LogP contribution in [0.5, 0.6) is 0 Å². The Balaban J connectivity index is 1.98. The van der Waals surface area contributed by atoms with E-state index in [0.717, 1.165) is 31.4 Å². The number of carboxylic acid groups (broad SMARTS) is 1. The molecule has 5 nitrogen and oxygen atoms in total. The van der Waals surface area contributed by atoms with Gasteiger partial charge in [0.05, 0.1) is 11.3 Å². The van der Waals surface area contributed by atoms with Crippen LogP contribution in [0, 0.1) is 11.2 Å². The Morgan fingerprint density at radius 3 is 2.62 bits per heavy atom. The van der Waals surface area contributed by atoms with Gasteiger partial charge in [-0.1, -0.05) is 13.3 Å². The van der Waals surface area contributed by atoms with E-state index in [1.807, 2.05) is 0 Å². The molecule has 2 rings (SSSR count). The van der Waals surface area contributed by atoms with Crippen molar-refractivity contribution in [2.75, 3.05) is 11.9 Å². The van der Waals surface area contributed by atoms with Gasteiger partial charge in [0.25, 0.3) is 0 Å². The zero-order chi connectivity index (χ0) is 15.5. The van der Waals surface area contributed by atoms with Crippen molar-refractivity contribution >= 4 is 17.7 Å². The lowest BCUT2D eigenvalue weighted by Crippen LogP contribution is -2.43. The van der Waals surface area contributed by atoms with E-state index in [1.165, 1.54) is 12.5 Å². The molecular formula is C15H19FN2O3. The Bertz CT molecular complexity index is 550. The first kappa shape index (κ1) is 15.3. The summed E-state index contributed by atoms with van der Waals surface area (Å²) in [4.78, 5) is 22.9. The van der Waals surface area contributed by atoms with Crippen LogP contribution in [0.3, 0.4) is 0 Å². The van der Waals surface area contributed by atoms with E-state index >= 15 is 0 Å². The number of urea groups is 1. The summed E-state index contributed by atoms with van der Waals surface area (Å²) in [6.45, 7) is 2.67. The Hall–Kier alpha value is -2.11. The van der Waals surface area contributed by atoms with Crippen LogP contribution >= 0.6 is 0 Å². The lowest BCUT2D eigenvalue weighted by Gasteiger charge is -2.41. The highest BCUT2D eigenvalue weighted by atomic mass is 19.1. The lowest BCUT2D eigenvalue weighted by atomic mass is 9.67. The number of carbonyl (C=O) groups is 2. The zero-order valence-corrected chi connectivity index (χ0v) is 11.9. The second kappa shape index (κ2) is 6.11. The maximum Gasteiger partial charge on any atom is 0.337 e. The number of anilines is 1. The Morgan fingerprint density at radius 1 is 1.38 bits per heavy atom. The monoisotopic (exact) mass is 294 g/mol. The molecule has 0 unspecified atom stereocenters. The highest BCUT2D eigenvalue weighted by Crippen LogP contribution is 2.43. The summed E-state index contributed by atoms with van der Waals surface area (Å²) < 4.78 is 13.1. The smallest absolute Gasteiger partial charge is 0.337 e. The summed E-state index contributed by atoms with van der Waals surface area (Å²) in [5.41, 5.74) is -0.00461. The molecule has 0 spiro atoms. The van der Waals surface area contributed by atoms with Crippen LogP contribution in [0.25, 0.3) is 0 Å². The Morgan fingerprint density at radius 2 is 2.10 bits per heavy atom. The van der Waals surface area contributed by atoms with Crippen molar-refractivity contribution < 1.29 is 19.1 Å². The van der Waals surface area contributed by atoms with Gasteiger partial charge in [-0.2, -0.15) is 0 Å². The van der Waals surface area contributed by atoms with E-state index in [0.29, 0.717) is 6.54 Å². The van der Waals surface area contributed by atoms with Gasteiger partial charge in [-0.15, -0.1) is 0 Å². The van der Waals surface area contributed by atoms with E-state index in [4.69, 9.17) is 5.11 Å². The minimum atomic E-state index is -1.28. The van der Waals surface area contributed by atoms with Gasteiger partial charge < -0.3 is 15.7 Å². The Kier molecular flexibility index (Phi) is 4.45. The third-order valence-electron chi connectivity index (χ3n) is 4.25. The molecule has 3 N–H and O–H groups in total. The van der Waals surface area contributed by atoms with Crippen molar-refractivity contribution in [3.05, 3.63) is 29.6 Å². The van der Waals surface area contributed by atoms with Crippen LogP contribution in [0.4, 0.5) is 14.9 Å². The largest absolute Gasteiger partial charge is 0.478 e. The molecule has 0 aromatic heterocycles. The number of halogens is 1. The first-order chi connectivity index (χ1) is 9.96. The highest BCUT2D eigenvalue weighted by molar-refractivity contribution is 5.99. The SMILES string of the molecule is CCC1(CNC(=O)Nc2ccc(F)cc2C(=O)O)CCC1. The maximum atomic E-state index is 13.1. The average molecular weight is 294 g/mol. The van der Waals surface area contributed by atoms with E-state index in [2.05, 4.69) is 17.6 Å². The predicted molar refractivity (Wildman–Crippen MR) is 77.0 cm³/mol. The van der Waals surface area contributed by atoms with Crippen molar-refractivity contribution in [1.82, 2.24) is 5.32 Å². The fourth-order valence-corrected chi connectivity index (χ4v) is 2.57. The summed E-state index contributed by atoms with van der Waals surface area (Å²) in [5, 5.41) is 14.2.